The zero-order chi connectivity index (χ0) is 18.3. The van der Waals surface area contributed by atoms with Gasteiger partial charge in [0, 0.05) is 6.54 Å². The number of hydrogen-bond donors (Lipinski definition) is 3. The normalized spacial score (nSPS) is 21.3. The molecule has 0 atom stereocenters. The summed E-state index contributed by atoms with van der Waals surface area (Å²) in [6.45, 7) is 6.00. The van der Waals surface area contributed by atoms with Gasteiger partial charge in [-0.05, 0) is 45.4 Å². The Hall–Kier alpha value is -1.79. The highest BCUT2D eigenvalue weighted by atomic mass is 16.6. The standard InChI is InChI=1S/C17H29NO6/c1-17(2,3)24-16(23)18-9-8-11-4-6-12(7-5-11)10-13(14(19)20)15(21)22/h11-13H,4-10H2,1-3H3,(H,18,23)(H,19,20)(H,21,22)/t11-,12-. The topological polar surface area (TPSA) is 113 Å². The largest absolute Gasteiger partial charge is 0.481 e. The van der Waals surface area contributed by atoms with Crippen molar-refractivity contribution in [3.8, 4) is 0 Å². The van der Waals surface area contributed by atoms with Gasteiger partial charge in [0.1, 0.15) is 5.60 Å². The zero-order valence-electron chi connectivity index (χ0n) is 14.7. The van der Waals surface area contributed by atoms with E-state index in [-0.39, 0.29) is 12.3 Å². The molecule has 1 amide bonds. The Labute approximate surface area is 142 Å². The highest BCUT2D eigenvalue weighted by Gasteiger charge is 2.31. The lowest BCUT2D eigenvalue weighted by Crippen LogP contribution is -2.34. The summed E-state index contributed by atoms with van der Waals surface area (Å²) in [5, 5.41) is 20.6. The first-order chi connectivity index (χ1) is 11.1. The molecule has 0 aliphatic heterocycles. The monoisotopic (exact) mass is 343 g/mol. The highest BCUT2D eigenvalue weighted by Crippen LogP contribution is 2.34. The summed E-state index contributed by atoms with van der Waals surface area (Å²) in [7, 11) is 0. The third-order valence-corrected chi connectivity index (χ3v) is 4.35. The Morgan fingerprint density at radius 3 is 2.00 bits per heavy atom. The van der Waals surface area contributed by atoms with E-state index in [0.29, 0.717) is 12.5 Å². The second-order valence-corrected chi connectivity index (χ2v) is 7.57. The Morgan fingerprint density at radius 2 is 1.54 bits per heavy atom. The van der Waals surface area contributed by atoms with Gasteiger partial charge < -0.3 is 20.3 Å². The molecule has 0 aromatic heterocycles. The Bertz CT molecular complexity index is 434. The van der Waals surface area contributed by atoms with Gasteiger partial charge >= 0.3 is 18.0 Å². The zero-order valence-corrected chi connectivity index (χ0v) is 14.7. The average molecular weight is 343 g/mol. The quantitative estimate of drug-likeness (QED) is 0.613. The van der Waals surface area contributed by atoms with Crippen molar-refractivity contribution < 1.29 is 29.3 Å². The second kappa shape index (κ2) is 8.89. The van der Waals surface area contributed by atoms with E-state index in [4.69, 9.17) is 14.9 Å². The van der Waals surface area contributed by atoms with Crippen molar-refractivity contribution in [2.45, 2.75) is 64.9 Å². The van der Waals surface area contributed by atoms with Gasteiger partial charge in [-0.15, -0.1) is 0 Å². The Morgan fingerprint density at radius 1 is 1.04 bits per heavy atom. The summed E-state index contributed by atoms with van der Waals surface area (Å²) >= 11 is 0. The summed E-state index contributed by atoms with van der Waals surface area (Å²) in [5.74, 6) is -3.20. The molecule has 7 nitrogen and oxygen atoms in total. The number of aliphatic carboxylic acids is 2. The summed E-state index contributed by atoms with van der Waals surface area (Å²) < 4.78 is 5.17. The van der Waals surface area contributed by atoms with Crippen LogP contribution in [0, 0.1) is 17.8 Å². The number of carbonyl (C=O) groups is 3. The van der Waals surface area contributed by atoms with Crippen molar-refractivity contribution in [1.82, 2.24) is 5.32 Å². The van der Waals surface area contributed by atoms with E-state index in [9.17, 15) is 14.4 Å². The number of ether oxygens (including phenoxy) is 1. The van der Waals surface area contributed by atoms with E-state index in [1.807, 2.05) is 20.8 Å². The van der Waals surface area contributed by atoms with Crippen LogP contribution in [-0.4, -0.2) is 40.4 Å². The van der Waals surface area contributed by atoms with Crippen molar-refractivity contribution >= 4 is 18.0 Å². The maximum Gasteiger partial charge on any atom is 0.407 e. The van der Waals surface area contributed by atoms with Gasteiger partial charge in [-0.25, -0.2) is 4.79 Å². The molecule has 1 fully saturated rings. The number of carboxylic acid groups (broad SMARTS) is 2. The molecule has 0 bridgehead atoms. The van der Waals surface area contributed by atoms with Crippen molar-refractivity contribution in [1.29, 1.82) is 0 Å². The fourth-order valence-electron chi connectivity index (χ4n) is 3.09. The minimum absolute atomic E-state index is 0.150. The first-order valence-electron chi connectivity index (χ1n) is 8.51. The molecule has 1 saturated carbocycles. The molecule has 0 radical (unpaired) electrons. The van der Waals surface area contributed by atoms with Crippen LogP contribution in [0.25, 0.3) is 0 Å². The van der Waals surface area contributed by atoms with E-state index in [2.05, 4.69) is 5.32 Å². The van der Waals surface area contributed by atoms with Crippen LogP contribution in [0.3, 0.4) is 0 Å². The molecule has 3 N–H and O–H groups in total. The van der Waals surface area contributed by atoms with Gasteiger partial charge in [-0.3, -0.25) is 9.59 Å². The first kappa shape index (κ1) is 20.3. The molecule has 1 aliphatic rings. The van der Waals surface area contributed by atoms with Crippen molar-refractivity contribution in [3.63, 3.8) is 0 Å². The van der Waals surface area contributed by atoms with E-state index < -0.39 is 29.6 Å². The van der Waals surface area contributed by atoms with Gasteiger partial charge in [-0.1, -0.05) is 25.7 Å². The molecule has 24 heavy (non-hydrogen) atoms. The molecule has 1 aliphatic carbocycles. The molecule has 0 unspecified atom stereocenters. The average Bonchev–Trinajstić information content (AvgIpc) is 2.43. The number of alkyl carbamates (subject to hydrolysis) is 1. The Kier molecular flexibility index (Phi) is 7.51. The van der Waals surface area contributed by atoms with E-state index >= 15 is 0 Å². The van der Waals surface area contributed by atoms with Crippen LogP contribution < -0.4 is 5.32 Å². The van der Waals surface area contributed by atoms with Crippen molar-refractivity contribution in [2.75, 3.05) is 6.54 Å². The maximum absolute atomic E-state index is 11.6. The predicted octanol–water partition coefficient (Wildman–Crippen LogP) is 2.88. The molecule has 0 saturated heterocycles. The number of amides is 1. The molecule has 0 aromatic carbocycles. The molecule has 0 aromatic rings. The van der Waals surface area contributed by atoms with Gasteiger partial charge in [0.2, 0.25) is 0 Å². The molecule has 0 spiro atoms. The lowest BCUT2D eigenvalue weighted by molar-refractivity contribution is -0.155. The third-order valence-electron chi connectivity index (χ3n) is 4.35. The molecular formula is C17H29NO6. The minimum atomic E-state index is -1.31. The lowest BCUT2D eigenvalue weighted by Gasteiger charge is -2.29. The Balaban J connectivity index is 2.25. The molecule has 0 heterocycles. The smallest absolute Gasteiger partial charge is 0.407 e. The number of hydrogen-bond acceptors (Lipinski definition) is 4. The summed E-state index contributed by atoms with van der Waals surface area (Å²) in [6.07, 6.45) is 4.20. The van der Waals surface area contributed by atoms with Crippen LogP contribution in [-0.2, 0) is 14.3 Å². The van der Waals surface area contributed by atoms with Crippen LogP contribution >= 0.6 is 0 Å². The summed E-state index contributed by atoms with van der Waals surface area (Å²) in [4.78, 5) is 33.5. The third kappa shape index (κ3) is 7.66. The van der Waals surface area contributed by atoms with Gasteiger partial charge in [0.15, 0.2) is 5.92 Å². The second-order valence-electron chi connectivity index (χ2n) is 7.57. The minimum Gasteiger partial charge on any atom is -0.481 e. The highest BCUT2D eigenvalue weighted by molar-refractivity contribution is 5.92. The molecule has 7 heteroatoms. The van der Waals surface area contributed by atoms with Crippen LogP contribution in [0.15, 0.2) is 0 Å². The maximum atomic E-state index is 11.6. The van der Waals surface area contributed by atoms with Crippen LogP contribution in [0.5, 0.6) is 0 Å². The fourth-order valence-corrected chi connectivity index (χ4v) is 3.09. The number of rotatable bonds is 7. The summed E-state index contributed by atoms with van der Waals surface area (Å²) in [6, 6.07) is 0. The number of nitrogens with one attached hydrogen (secondary N) is 1. The van der Waals surface area contributed by atoms with Gasteiger partial charge in [0.05, 0.1) is 0 Å². The van der Waals surface area contributed by atoms with E-state index in [1.54, 1.807) is 0 Å². The predicted molar refractivity (Wildman–Crippen MR) is 87.7 cm³/mol. The molecule has 138 valence electrons. The van der Waals surface area contributed by atoms with Crippen LogP contribution in [0.1, 0.15) is 59.3 Å². The molecule has 1 rings (SSSR count). The van der Waals surface area contributed by atoms with Gasteiger partial charge in [0.25, 0.3) is 0 Å². The van der Waals surface area contributed by atoms with Crippen molar-refractivity contribution in [3.05, 3.63) is 0 Å². The van der Waals surface area contributed by atoms with E-state index in [1.165, 1.54) is 0 Å². The van der Waals surface area contributed by atoms with Crippen LogP contribution in [0.2, 0.25) is 0 Å². The van der Waals surface area contributed by atoms with Crippen LogP contribution in [0.4, 0.5) is 4.79 Å². The summed E-state index contributed by atoms with van der Waals surface area (Å²) in [5.41, 5.74) is -0.507. The number of carboxylic acids is 2. The first-order valence-corrected chi connectivity index (χ1v) is 8.51. The van der Waals surface area contributed by atoms with Crippen molar-refractivity contribution in [2.24, 2.45) is 17.8 Å². The number of carbonyl (C=O) groups excluding carboxylic acids is 1. The lowest BCUT2D eigenvalue weighted by atomic mass is 9.77. The SMILES string of the molecule is CC(C)(C)OC(=O)NCC[C@H]1CC[C@H](CC(C(=O)O)C(=O)O)CC1. The van der Waals surface area contributed by atoms with E-state index in [0.717, 1.165) is 32.1 Å². The van der Waals surface area contributed by atoms with Gasteiger partial charge in [-0.2, -0.15) is 0 Å². The fraction of sp³-hybridized carbons (Fsp3) is 0.824. The molecular weight excluding hydrogens is 314 g/mol.